The lowest BCUT2D eigenvalue weighted by Gasteiger charge is -2.27. The number of imidazole rings is 1. The van der Waals surface area contributed by atoms with Crippen molar-refractivity contribution in [2.75, 3.05) is 5.01 Å². The van der Waals surface area contributed by atoms with Crippen LogP contribution in [0.4, 0.5) is 10.3 Å². The number of nitrogens with zero attached hydrogens (tertiary/aromatic N) is 6. The van der Waals surface area contributed by atoms with Gasteiger partial charge in [0, 0.05) is 7.05 Å². The molecule has 0 saturated carbocycles. The van der Waals surface area contributed by atoms with Crippen LogP contribution in [-0.4, -0.2) is 30.4 Å². The van der Waals surface area contributed by atoms with E-state index in [1.54, 1.807) is 28.8 Å². The summed E-state index contributed by atoms with van der Waals surface area (Å²) >= 11 is 0. The fourth-order valence-corrected chi connectivity index (χ4v) is 3.43. The van der Waals surface area contributed by atoms with Crippen molar-refractivity contribution in [2.24, 2.45) is 12.1 Å². The molecule has 0 N–H and O–H groups in total. The Balaban J connectivity index is 1.95. The fraction of sp³-hybridized carbons (Fsp3) is 0.368. The molecule has 3 heterocycles. The van der Waals surface area contributed by atoms with Crippen molar-refractivity contribution in [1.29, 1.82) is 0 Å². The average Bonchev–Trinajstić information content (AvgIpc) is 3.03. The van der Waals surface area contributed by atoms with E-state index in [1.165, 1.54) is 16.7 Å². The van der Waals surface area contributed by atoms with Crippen molar-refractivity contribution in [3.8, 4) is 0 Å². The van der Waals surface area contributed by atoms with Gasteiger partial charge in [0.2, 0.25) is 5.95 Å². The topological polar surface area (TPSA) is 77.4 Å². The minimum Gasteiger partial charge on any atom is -0.297 e. The van der Waals surface area contributed by atoms with Gasteiger partial charge in [0.1, 0.15) is 5.82 Å². The molecule has 2 aromatic heterocycles. The molecule has 0 aliphatic carbocycles. The van der Waals surface area contributed by atoms with Gasteiger partial charge < -0.3 is 0 Å². The van der Waals surface area contributed by atoms with Gasteiger partial charge in [-0.2, -0.15) is 10.1 Å². The lowest BCUT2D eigenvalue weighted by atomic mass is 10.2. The zero-order valence-corrected chi connectivity index (χ0v) is 16.2. The molecular weight excluding hydrogens is 363 g/mol. The van der Waals surface area contributed by atoms with E-state index in [2.05, 4.69) is 10.1 Å². The van der Waals surface area contributed by atoms with E-state index in [4.69, 9.17) is 0 Å². The van der Waals surface area contributed by atoms with Gasteiger partial charge in [0.25, 0.3) is 5.56 Å². The van der Waals surface area contributed by atoms with Gasteiger partial charge in [-0.1, -0.05) is 12.1 Å². The third-order valence-corrected chi connectivity index (χ3v) is 4.83. The molecule has 9 heteroatoms. The quantitative estimate of drug-likeness (QED) is 0.689. The molecule has 0 saturated heterocycles. The molecule has 1 aliphatic heterocycles. The van der Waals surface area contributed by atoms with Crippen LogP contribution in [0.25, 0.3) is 11.2 Å². The number of rotatable bonds is 3. The molecule has 8 nitrogen and oxygen atoms in total. The minimum absolute atomic E-state index is 0.0456. The lowest BCUT2D eigenvalue weighted by Crippen LogP contribution is -2.40. The van der Waals surface area contributed by atoms with E-state index >= 15 is 0 Å². The molecule has 0 spiro atoms. The van der Waals surface area contributed by atoms with E-state index in [0.29, 0.717) is 29.2 Å². The molecule has 1 aliphatic rings. The van der Waals surface area contributed by atoms with Gasteiger partial charge >= 0.3 is 5.69 Å². The first kappa shape index (κ1) is 18.1. The number of anilines is 1. The summed E-state index contributed by atoms with van der Waals surface area (Å²) < 4.78 is 17.5. The number of aromatic nitrogens is 4. The second-order valence-electron chi connectivity index (χ2n) is 7.30. The molecule has 146 valence electrons. The van der Waals surface area contributed by atoms with Crippen LogP contribution in [0, 0.1) is 5.82 Å². The first-order valence-corrected chi connectivity index (χ1v) is 9.05. The zero-order valence-electron chi connectivity index (χ0n) is 16.2. The molecule has 0 unspecified atom stereocenters. The van der Waals surface area contributed by atoms with Crippen LogP contribution in [0.15, 0.2) is 39.0 Å². The standard InChI is InChI=1S/C19H21FN6O2/c1-11(2)26-18-21-16-15(24(18)9-12(3)22-26)17(27)25(19(28)23(16)4)10-13-5-7-14(20)8-6-13/h5-8,11H,9-10H2,1-4H3. The molecule has 0 radical (unpaired) electrons. The first-order chi connectivity index (χ1) is 13.3. The number of hydrogen-bond donors (Lipinski definition) is 0. The van der Waals surface area contributed by atoms with E-state index in [1.807, 2.05) is 20.8 Å². The summed E-state index contributed by atoms with van der Waals surface area (Å²) in [5.74, 6) is 0.176. The van der Waals surface area contributed by atoms with Crippen molar-refractivity contribution in [2.45, 2.75) is 39.9 Å². The molecule has 4 rings (SSSR count). The summed E-state index contributed by atoms with van der Waals surface area (Å²) in [7, 11) is 1.59. The summed E-state index contributed by atoms with van der Waals surface area (Å²) in [5.41, 5.74) is 1.32. The summed E-state index contributed by atoms with van der Waals surface area (Å²) in [6.45, 7) is 6.35. The number of aryl methyl sites for hydroxylation is 1. The zero-order chi connectivity index (χ0) is 20.2. The Hall–Kier alpha value is -3.23. The SMILES string of the molecule is CC1=NN(C(C)C)c2nc3c(c(=O)n(Cc4ccc(F)cc4)c(=O)n3C)n2C1. The van der Waals surface area contributed by atoms with Gasteiger partial charge in [-0.25, -0.2) is 14.2 Å². The Morgan fingerprint density at radius 2 is 1.86 bits per heavy atom. The van der Waals surface area contributed by atoms with Crippen molar-refractivity contribution in [3.05, 3.63) is 56.5 Å². The molecule has 1 aromatic carbocycles. The van der Waals surface area contributed by atoms with Crippen molar-refractivity contribution >= 4 is 22.8 Å². The summed E-state index contributed by atoms with van der Waals surface area (Å²) in [6, 6.07) is 5.79. The predicted molar refractivity (Wildman–Crippen MR) is 105 cm³/mol. The molecule has 28 heavy (non-hydrogen) atoms. The third-order valence-electron chi connectivity index (χ3n) is 4.83. The maximum absolute atomic E-state index is 13.2. The molecule has 0 atom stereocenters. The maximum Gasteiger partial charge on any atom is 0.332 e. The molecule has 0 fully saturated rings. The second-order valence-corrected chi connectivity index (χ2v) is 7.30. The van der Waals surface area contributed by atoms with Crippen LogP contribution >= 0.6 is 0 Å². The number of halogens is 1. The van der Waals surface area contributed by atoms with Crippen molar-refractivity contribution < 1.29 is 4.39 Å². The van der Waals surface area contributed by atoms with Crippen molar-refractivity contribution in [3.63, 3.8) is 0 Å². The maximum atomic E-state index is 13.2. The van der Waals surface area contributed by atoms with E-state index in [0.717, 1.165) is 10.3 Å². The normalized spacial score (nSPS) is 13.9. The summed E-state index contributed by atoms with van der Waals surface area (Å²) in [6.07, 6.45) is 0. The van der Waals surface area contributed by atoms with Gasteiger partial charge in [0.15, 0.2) is 11.2 Å². The van der Waals surface area contributed by atoms with Gasteiger partial charge in [0.05, 0.1) is 24.8 Å². The van der Waals surface area contributed by atoms with E-state index in [-0.39, 0.29) is 18.4 Å². The number of hydrazone groups is 1. The van der Waals surface area contributed by atoms with Crippen molar-refractivity contribution in [1.82, 2.24) is 18.7 Å². The van der Waals surface area contributed by atoms with E-state index < -0.39 is 11.2 Å². The highest BCUT2D eigenvalue weighted by Gasteiger charge is 2.27. The highest BCUT2D eigenvalue weighted by molar-refractivity contribution is 5.87. The second kappa shape index (κ2) is 6.43. The average molecular weight is 384 g/mol. The van der Waals surface area contributed by atoms with E-state index in [9.17, 15) is 14.0 Å². The lowest BCUT2D eigenvalue weighted by molar-refractivity contribution is 0.622. The van der Waals surface area contributed by atoms with Crippen LogP contribution in [0.2, 0.25) is 0 Å². The Labute approximate surface area is 160 Å². The number of hydrogen-bond acceptors (Lipinski definition) is 5. The highest BCUT2D eigenvalue weighted by atomic mass is 19.1. The van der Waals surface area contributed by atoms with Crippen LogP contribution in [0.1, 0.15) is 26.3 Å². The largest absolute Gasteiger partial charge is 0.332 e. The summed E-state index contributed by atoms with van der Waals surface area (Å²) in [4.78, 5) is 30.6. The van der Waals surface area contributed by atoms with Gasteiger partial charge in [-0.3, -0.25) is 18.5 Å². The Bertz CT molecular complexity index is 1220. The Morgan fingerprint density at radius 1 is 1.18 bits per heavy atom. The third kappa shape index (κ3) is 2.74. The smallest absolute Gasteiger partial charge is 0.297 e. The number of fused-ring (bicyclic) bond motifs is 3. The predicted octanol–water partition coefficient (Wildman–Crippen LogP) is 1.69. The highest BCUT2D eigenvalue weighted by Crippen LogP contribution is 2.25. The minimum atomic E-state index is -0.467. The van der Waals surface area contributed by atoms with Crippen LogP contribution in [-0.2, 0) is 20.1 Å². The van der Waals surface area contributed by atoms with Gasteiger partial charge in [-0.15, -0.1) is 0 Å². The van der Waals surface area contributed by atoms with Crippen LogP contribution < -0.4 is 16.3 Å². The monoisotopic (exact) mass is 384 g/mol. The molecule has 3 aromatic rings. The molecular formula is C19H21FN6O2. The Kier molecular flexibility index (Phi) is 4.17. The van der Waals surface area contributed by atoms with Crippen LogP contribution in [0.5, 0.6) is 0 Å². The number of benzene rings is 1. The Morgan fingerprint density at radius 3 is 2.50 bits per heavy atom. The fourth-order valence-electron chi connectivity index (χ4n) is 3.43. The van der Waals surface area contributed by atoms with Gasteiger partial charge in [-0.05, 0) is 38.5 Å². The first-order valence-electron chi connectivity index (χ1n) is 9.05. The van der Waals surface area contributed by atoms with Crippen LogP contribution in [0.3, 0.4) is 0 Å². The summed E-state index contributed by atoms with van der Waals surface area (Å²) in [5, 5.41) is 6.29. The molecule has 0 amide bonds. The molecule has 0 bridgehead atoms.